The molecular formula is C19H15Cl2FN2O3. The number of ether oxygens (including phenoxy) is 1. The molecule has 0 saturated heterocycles. The van der Waals surface area contributed by atoms with Crippen LogP contribution in [0.3, 0.4) is 0 Å². The van der Waals surface area contributed by atoms with Crippen LogP contribution in [-0.2, 0) is 4.74 Å². The zero-order valence-corrected chi connectivity index (χ0v) is 16.0. The molecule has 0 atom stereocenters. The van der Waals surface area contributed by atoms with Crippen LogP contribution < -0.4 is 5.69 Å². The van der Waals surface area contributed by atoms with Crippen LogP contribution in [0.4, 0.5) is 4.39 Å². The number of esters is 1. The Labute approximate surface area is 164 Å². The minimum atomic E-state index is -0.705. The average Bonchev–Trinajstić information content (AvgIpc) is 2.97. The molecule has 8 heteroatoms. The smallest absolute Gasteiger partial charge is 0.357 e. The van der Waals surface area contributed by atoms with Crippen molar-refractivity contribution < 1.29 is 13.9 Å². The van der Waals surface area contributed by atoms with Gasteiger partial charge in [0.1, 0.15) is 5.82 Å². The summed E-state index contributed by atoms with van der Waals surface area (Å²) in [5.41, 5.74) is 1.22. The van der Waals surface area contributed by atoms with Gasteiger partial charge in [0.2, 0.25) is 0 Å². The number of hydrogen-bond donors (Lipinski definition) is 1. The molecule has 3 rings (SSSR count). The molecule has 1 heterocycles. The Morgan fingerprint density at radius 1 is 1.22 bits per heavy atom. The molecule has 1 aromatic heterocycles. The highest BCUT2D eigenvalue weighted by molar-refractivity contribution is 6.31. The number of carbonyl (C=O) groups excluding carboxylic acids is 1. The fourth-order valence-electron chi connectivity index (χ4n) is 2.76. The van der Waals surface area contributed by atoms with E-state index in [0.29, 0.717) is 16.3 Å². The third-order valence-electron chi connectivity index (χ3n) is 3.98. The summed E-state index contributed by atoms with van der Waals surface area (Å²) in [4.78, 5) is 27.6. The minimum absolute atomic E-state index is 0.0519. The summed E-state index contributed by atoms with van der Waals surface area (Å²) >= 11 is 12.0. The van der Waals surface area contributed by atoms with Crippen LogP contribution in [-0.4, -0.2) is 22.1 Å². The van der Waals surface area contributed by atoms with Crippen LogP contribution in [0, 0.1) is 12.7 Å². The van der Waals surface area contributed by atoms with Gasteiger partial charge in [0.15, 0.2) is 5.69 Å². The summed E-state index contributed by atoms with van der Waals surface area (Å²) in [5, 5.41) is 0.287. The van der Waals surface area contributed by atoms with Gasteiger partial charge in [-0.3, -0.25) is 9.55 Å². The number of aryl methyl sites for hydroxylation is 1. The Kier molecular flexibility index (Phi) is 5.39. The highest BCUT2D eigenvalue weighted by Crippen LogP contribution is 2.30. The fourth-order valence-corrected chi connectivity index (χ4v) is 3.10. The topological polar surface area (TPSA) is 64.1 Å². The van der Waals surface area contributed by atoms with Gasteiger partial charge in [0, 0.05) is 10.6 Å². The molecule has 0 aliphatic heterocycles. The average molecular weight is 409 g/mol. The molecule has 0 saturated carbocycles. The summed E-state index contributed by atoms with van der Waals surface area (Å²) in [5.74, 6) is -1.31. The molecule has 0 aliphatic rings. The highest BCUT2D eigenvalue weighted by Gasteiger charge is 2.24. The lowest BCUT2D eigenvalue weighted by atomic mass is 10.1. The SMILES string of the molecule is CCOC(=O)c1[nH]c(=O)n(-c2cc(Cl)ccc2C)c1-c1ccc(F)c(Cl)c1. The number of rotatable bonds is 4. The molecule has 1 N–H and O–H groups in total. The van der Waals surface area contributed by atoms with Crippen molar-refractivity contribution in [3.05, 3.63) is 74.0 Å². The Morgan fingerprint density at radius 3 is 2.63 bits per heavy atom. The number of H-pyrrole nitrogens is 1. The second-order valence-corrected chi connectivity index (χ2v) is 6.61. The number of nitrogens with zero attached hydrogens (tertiary/aromatic N) is 1. The van der Waals surface area contributed by atoms with Gasteiger partial charge in [-0.2, -0.15) is 0 Å². The van der Waals surface area contributed by atoms with Crippen molar-refractivity contribution in [2.45, 2.75) is 13.8 Å². The Hall–Kier alpha value is -2.57. The molecule has 0 radical (unpaired) electrons. The molecule has 0 aliphatic carbocycles. The van der Waals surface area contributed by atoms with Crippen LogP contribution in [0.2, 0.25) is 10.0 Å². The fraction of sp³-hybridized carbons (Fsp3) is 0.158. The van der Waals surface area contributed by atoms with Crippen LogP contribution in [0.25, 0.3) is 16.9 Å². The van der Waals surface area contributed by atoms with Crippen molar-refractivity contribution in [2.75, 3.05) is 6.61 Å². The van der Waals surface area contributed by atoms with E-state index in [1.807, 2.05) is 0 Å². The maximum absolute atomic E-state index is 13.6. The third-order valence-corrected chi connectivity index (χ3v) is 4.50. The van der Waals surface area contributed by atoms with Crippen molar-refractivity contribution in [3.8, 4) is 16.9 Å². The van der Waals surface area contributed by atoms with E-state index < -0.39 is 17.5 Å². The third kappa shape index (κ3) is 3.63. The maximum atomic E-state index is 13.6. The van der Waals surface area contributed by atoms with E-state index in [2.05, 4.69) is 4.98 Å². The molecule has 0 bridgehead atoms. The van der Waals surface area contributed by atoms with E-state index in [-0.39, 0.29) is 23.0 Å². The highest BCUT2D eigenvalue weighted by atomic mass is 35.5. The molecule has 0 amide bonds. The number of imidazole rings is 1. The molecule has 3 aromatic rings. The number of benzene rings is 2. The molecule has 140 valence electrons. The zero-order valence-electron chi connectivity index (χ0n) is 14.5. The van der Waals surface area contributed by atoms with Crippen LogP contribution >= 0.6 is 23.2 Å². The summed E-state index contributed by atoms with van der Waals surface area (Å²) in [6.45, 7) is 3.59. The van der Waals surface area contributed by atoms with E-state index >= 15 is 0 Å². The number of carbonyl (C=O) groups is 1. The van der Waals surface area contributed by atoms with Crippen molar-refractivity contribution in [1.82, 2.24) is 9.55 Å². The van der Waals surface area contributed by atoms with Gasteiger partial charge >= 0.3 is 11.7 Å². The van der Waals surface area contributed by atoms with E-state index in [9.17, 15) is 14.0 Å². The van der Waals surface area contributed by atoms with Gasteiger partial charge in [-0.15, -0.1) is 0 Å². The number of aromatic amines is 1. The first-order valence-electron chi connectivity index (χ1n) is 8.07. The van der Waals surface area contributed by atoms with E-state index in [1.54, 1.807) is 32.0 Å². The summed E-state index contributed by atoms with van der Waals surface area (Å²) in [6.07, 6.45) is 0. The lowest BCUT2D eigenvalue weighted by Crippen LogP contribution is -2.16. The standard InChI is InChI=1S/C19H15Cl2FN2O3/c1-3-27-18(25)16-17(11-5-7-14(22)13(21)8-11)24(19(26)23-16)15-9-12(20)6-4-10(15)2/h4-9H,3H2,1-2H3,(H,23,26). The Bertz CT molecular complexity index is 1090. The number of halogens is 3. The monoisotopic (exact) mass is 408 g/mol. The molecule has 0 unspecified atom stereocenters. The van der Waals surface area contributed by atoms with Gasteiger partial charge in [0.25, 0.3) is 0 Å². The lowest BCUT2D eigenvalue weighted by molar-refractivity contribution is 0.0521. The van der Waals surface area contributed by atoms with Gasteiger partial charge in [0.05, 0.1) is 23.0 Å². The van der Waals surface area contributed by atoms with Crippen molar-refractivity contribution >= 4 is 29.2 Å². The molecular weight excluding hydrogens is 394 g/mol. The van der Waals surface area contributed by atoms with Crippen molar-refractivity contribution in [1.29, 1.82) is 0 Å². The van der Waals surface area contributed by atoms with E-state index in [0.717, 1.165) is 5.56 Å². The molecule has 27 heavy (non-hydrogen) atoms. The van der Waals surface area contributed by atoms with Crippen LogP contribution in [0.5, 0.6) is 0 Å². The first-order chi connectivity index (χ1) is 12.8. The first kappa shape index (κ1) is 19.2. The predicted molar refractivity (Wildman–Crippen MR) is 102 cm³/mol. The van der Waals surface area contributed by atoms with Crippen LogP contribution in [0.1, 0.15) is 23.0 Å². The predicted octanol–water partition coefficient (Wildman–Crippen LogP) is 4.76. The second kappa shape index (κ2) is 7.58. The van der Waals surface area contributed by atoms with Gasteiger partial charge < -0.3 is 4.74 Å². The summed E-state index contributed by atoms with van der Waals surface area (Å²) in [6, 6.07) is 9.00. The lowest BCUT2D eigenvalue weighted by Gasteiger charge is -2.13. The summed E-state index contributed by atoms with van der Waals surface area (Å²) < 4.78 is 20.0. The van der Waals surface area contributed by atoms with Crippen molar-refractivity contribution in [3.63, 3.8) is 0 Å². The molecule has 2 aromatic carbocycles. The van der Waals surface area contributed by atoms with Gasteiger partial charge in [-0.05, 0) is 49.7 Å². The summed E-state index contributed by atoms with van der Waals surface area (Å²) in [7, 11) is 0. The number of hydrogen-bond acceptors (Lipinski definition) is 3. The van der Waals surface area contributed by atoms with Gasteiger partial charge in [-0.1, -0.05) is 29.3 Å². The van der Waals surface area contributed by atoms with E-state index in [1.165, 1.54) is 22.8 Å². The number of aromatic nitrogens is 2. The van der Waals surface area contributed by atoms with Gasteiger partial charge in [-0.25, -0.2) is 14.0 Å². The minimum Gasteiger partial charge on any atom is -0.461 e. The first-order valence-corrected chi connectivity index (χ1v) is 8.83. The van der Waals surface area contributed by atoms with Crippen molar-refractivity contribution in [2.24, 2.45) is 0 Å². The molecule has 0 fully saturated rings. The zero-order chi connectivity index (χ0) is 19.7. The second-order valence-electron chi connectivity index (χ2n) is 5.77. The number of nitrogens with one attached hydrogen (secondary N) is 1. The Balaban J connectivity index is 2.36. The van der Waals surface area contributed by atoms with Crippen LogP contribution in [0.15, 0.2) is 41.2 Å². The molecule has 5 nitrogen and oxygen atoms in total. The maximum Gasteiger partial charge on any atom is 0.357 e. The molecule has 0 spiro atoms. The quantitative estimate of drug-likeness (QED) is 0.632. The largest absolute Gasteiger partial charge is 0.461 e. The van der Waals surface area contributed by atoms with E-state index in [4.69, 9.17) is 27.9 Å². The Morgan fingerprint density at radius 2 is 1.96 bits per heavy atom. The normalized spacial score (nSPS) is 10.9.